The lowest BCUT2D eigenvalue weighted by atomic mass is 10.4. The quantitative estimate of drug-likeness (QED) is 0.642. The van der Waals surface area contributed by atoms with E-state index in [0.29, 0.717) is 0 Å². The normalized spacial score (nSPS) is 25.2. The highest BCUT2D eigenvalue weighted by atomic mass is 32.3. The van der Waals surface area contributed by atoms with E-state index < -0.39 is 22.7 Å². The van der Waals surface area contributed by atoms with Crippen LogP contribution in [0, 0.1) is 0 Å². The summed E-state index contributed by atoms with van der Waals surface area (Å²) < 4.78 is 12.1. The minimum absolute atomic E-state index is 0.178. The van der Waals surface area contributed by atoms with Crippen molar-refractivity contribution in [3.8, 4) is 0 Å². The van der Waals surface area contributed by atoms with Crippen LogP contribution in [0.25, 0.3) is 0 Å². The van der Waals surface area contributed by atoms with E-state index in [-0.39, 0.29) is 12.3 Å². The van der Waals surface area contributed by atoms with Crippen LogP contribution >= 0.6 is 10.8 Å². The van der Waals surface area contributed by atoms with Crippen molar-refractivity contribution in [3.63, 3.8) is 0 Å². The molecule has 0 saturated heterocycles. The Balaban J connectivity index is 2.31. The molecule has 1 N–H and O–H groups in total. The Hall–Kier alpha value is -1.76. The molecule has 0 bridgehead atoms. The third-order valence-corrected chi connectivity index (χ3v) is 3.49. The number of carbonyl (C=O) groups is 3. The molecule has 80 valence electrons. The first-order chi connectivity index (χ1) is 7.10. The summed E-state index contributed by atoms with van der Waals surface area (Å²) in [6.07, 6.45) is 3.59. The summed E-state index contributed by atoms with van der Waals surface area (Å²) in [6.45, 7) is 0. The van der Waals surface area contributed by atoms with Crippen LogP contribution in [0.1, 0.15) is 6.42 Å². The Morgan fingerprint density at radius 3 is 2.27 bits per heavy atom. The van der Waals surface area contributed by atoms with E-state index in [1.54, 1.807) is 0 Å². The van der Waals surface area contributed by atoms with Crippen molar-refractivity contribution >= 4 is 28.6 Å². The second-order valence-electron chi connectivity index (χ2n) is 2.78. The number of hydrogen-bond donors (Lipinski definition) is 1. The van der Waals surface area contributed by atoms with E-state index in [4.69, 9.17) is 8.37 Å². The molecule has 2 aliphatic heterocycles. The van der Waals surface area contributed by atoms with E-state index >= 15 is 0 Å². The molecule has 0 atom stereocenters. The zero-order valence-corrected chi connectivity index (χ0v) is 8.28. The molecular weight excluding hydrogens is 222 g/mol. The number of amides is 1. The van der Waals surface area contributed by atoms with E-state index in [2.05, 4.69) is 4.72 Å². The molecule has 0 radical (unpaired) electrons. The Morgan fingerprint density at radius 1 is 1.13 bits per heavy atom. The molecule has 0 fully saturated rings. The Kier molecular flexibility index (Phi) is 2.24. The zero-order chi connectivity index (χ0) is 10.9. The zero-order valence-electron chi connectivity index (χ0n) is 7.47. The molecule has 2 rings (SSSR count). The first-order valence-corrected chi connectivity index (χ1v) is 5.60. The van der Waals surface area contributed by atoms with E-state index in [1.807, 2.05) is 0 Å². The van der Waals surface area contributed by atoms with Crippen LogP contribution in [0.4, 0.5) is 0 Å². The van der Waals surface area contributed by atoms with Gasteiger partial charge in [-0.2, -0.15) is 0 Å². The van der Waals surface area contributed by atoms with Crippen LogP contribution in [0.2, 0.25) is 0 Å². The lowest BCUT2D eigenvalue weighted by Gasteiger charge is -2.38. The molecule has 1 amide bonds. The first kappa shape index (κ1) is 9.78. The average molecular weight is 229 g/mol. The second kappa shape index (κ2) is 3.43. The lowest BCUT2D eigenvalue weighted by molar-refractivity contribution is -0.129. The molecule has 15 heavy (non-hydrogen) atoms. The molecule has 0 saturated carbocycles. The molecule has 0 aromatic heterocycles. The predicted molar refractivity (Wildman–Crippen MR) is 50.8 cm³/mol. The molecule has 0 aromatic rings. The van der Waals surface area contributed by atoms with Gasteiger partial charge in [-0.3, -0.25) is 4.79 Å². The van der Waals surface area contributed by atoms with Crippen molar-refractivity contribution in [2.45, 2.75) is 6.42 Å². The molecule has 0 aliphatic carbocycles. The van der Waals surface area contributed by atoms with Crippen molar-refractivity contribution < 1.29 is 22.7 Å². The minimum Gasteiger partial charge on any atom is -0.319 e. The molecule has 1 spiro atoms. The second-order valence-corrected chi connectivity index (χ2v) is 4.68. The molecule has 0 aromatic carbocycles. The van der Waals surface area contributed by atoms with Crippen LogP contribution in [-0.4, -0.2) is 17.8 Å². The molecule has 6 nitrogen and oxygen atoms in total. The van der Waals surface area contributed by atoms with Crippen molar-refractivity contribution in [1.82, 2.24) is 4.72 Å². The highest BCUT2D eigenvalue weighted by Crippen LogP contribution is 2.50. The predicted octanol–water partition coefficient (Wildman–Crippen LogP) is 0.226. The first-order valence-electron chi connectivity index (χ1n) is 4.05. The number of carbonyl (C=O) groups excluding carboxylic acids is 3. The lowest BCUT2D eigenvalue weighted by Crippen LogP contribution is -2.32. The van der Waals surface area contributed by atoms with Gasteiger partial charge >= 0.3 is 11.9 Å². The van der Waals surface area contributed by atoms with E-state index in [9.17, 15) is 14.4 Å². The molecule has 7 heteroatoms. The Bertz CT molecular complexity index is 380. The molecule has 0 unspecified atom stereocenters. The van der Waals surface area contributed by atoms with Crippen molar-refractivity contribution in [2.24, 2.45) is 0 Å². The summed E-state index contributed by atoms with van der Waals surface area (Å²) in [7, 11) is -2.72. The third-order valence-electron chi connectivity index (χ3n) is 1.60. The van der Waals surface area contributed by atoms with Gasteiger partial charge in [0.25, 0.3) is 0 Å². The van der Waals surface area contributed by atoms with Crippen LogP contribution in [0.5, 0.6) is 0 Å². The van der Waals surface area contributed by atoms with Gasteiger partial charge in [-0.05, 0) is 10.8 Å². The standard InChI is InChI=1S/C8H7NO5S/c10-6-2-1-5-15(9-6)13-7(11)3-4-8(12)14-15/h1,3-5H,2H2,(H,9,10). The molecule has 2 aliphatic rings. The summed E-state index contributed by atoms with van der Waals surface area (Å²) in [5.41, 5.74) is 0. The number of rotatable bonds is 0. The maximum atomic E-state index is 11.1. The SMILES string of the molecule is O=C1CC=CS2(N1)OC(=O)C=CC(=O)O2. The topological polar surface area (TPSA) is 81.7 Å². The van der Waals surface area contributed by atoms with Crippen molar-refractivity contribution in [3.05, 3.63) is 23.6 Å². The van der Waals surface area contributed by atoms with Gasteiger partial charge < -0.3 is 8.37 Å². The largest absolute Gasteiger partial charge is 0.356 e. The van der Waals surface area contributed by atoms with Gasteiger partial charge in [0.1, 0.15) is 0 Å². The highest BCUT2D eigenvalue weighted by molar-refractivity contribution is 8.27. The van der Waals surface area contributed by atoms with Gasteiger partial charge in [0.2, 0.25) is 5.91 Å². The van der Waals surface area contributed by atoms with Crippen LogP contribution in [0.3, 0.4) is 0 Å². The number of nitrogens with one attached hydrogen (secondary N) is 1. The van der Waals surface area contributed by atoms with Gasteiger partial charge in [-0.15, -0.1) is 0 Å². The maximum Gasteiger partial charge on any atom is 0.356 e. The Labute approximate surface area is 86.8 Å². The monoisotopic (exact) mass is 229 g/mol. The molecule has 2 heterocycles. The van der Waals surface area contributed by atoms with Crippen LogP contribution in [-0.2, 0) is 22.7 Å². The van der Waals surface area contributed by atoms with Crippen molar-refractivity contribution in [1.29, 1.82) is 0 Å². The third kappa shape index (κ3) is 2.01. The van der Waals surface area contributed by atoms with E-state index in [1.165, 1.54) is 11.5 Å². The molecular formula is C8H7NO5S. The summed E-state index contributed by atoms with van der Waals surface area (Å²) in [5, 5.41) is 1.40. The minimum atomic E-state index is -2.72. The summed E-state index contributed by atoms with van der Waals surface area (Å²) in [4.78, 5) is 33.3. The van der Waals surface area contributed by atoms with Crippen LogP contribution < -0.4 is 4.72 Å². The summed E-state index contributed by atoms with van der Waals surface area (Å²) in [5.74, 6) is -1.79. The van der Waals surface area contributed by atoms with Crippen molar-refractivity contribution in [2.75, 3.05) is 0 Å². The maximum absolute atomic E-state index is 11.1. The fourth-order valence-electron chi connectivity index (χ4n) is 1.07. The number of hydrogen-bond acceptors (Lipinski definition) is 5. The average Bonchev–Trinajstić information content (AvgIpc) is 2.25. The Morgan fingerprint density at radius 2 is 1.73 bits per heavy atom. The van der Waals surface area contributed by atoms with E-state index in [0.717, 1.165) is 12.2 Å². The van der Waals surface area contributed by atoms with Gasteiger partial charge in [0.15, 0.2) is 0 Å². The summed E-state index contributed by atoms with van der Waals surface area (Å²) >= 11 is 0. The van der Waals surface area contributed by atoms with Crippen LogP contribution in [0.15, 0.2) is 23.6 Å². The smallest absolute Gasteiger partial charge is 0.319 e. The van der Waals surface area contributed by atoms with Gasteiger partial charge in [-0.1, -0.05) is 6.08 Å². The highest BCUT2D eigenvalue weighted by Gasteiger charge is 2.31. The fraction of sp³-hybridized carbons (Fsp3) is 0.125. The summed E-state index contributed by atoms with van der Waals surface area (Å²) in [6, 6.07) is 0. The van der Waals surface area contributed by atoms with Gasteiger partial charge in [0.05, 0.1) is 5.41 Å². The fourth-order valence-corrected chi connectivity index (χ4v) is 2.71. The van der Waals surface area contributed by atoms with Gasteiger partial charge in [-0.25, -0.2) is 14.3 Å². The van der Waals surface area contributed by atoms with Gasteiger partial charge in [0, 0.05) is 18.6 Å².